The lowest BCUT2D eigenvalue weighted by molar-refractivity contribution is -0.120. The van der Waals surface area contributed by atoms with Gasteiger partial charge >= 0.3 is 0 Å². The summed E-state index contributed by atoms with van der Waals surface area (Å²) in [5.41, 5.74) is 0. The van der Waals surface area contributed by atoms with Crippen molar-refractivity contribution in [2.45, 2.75) is 40.5 Å². The highest BCUT2D eigenvalue weighted by molar-refractivity contribution is 5.75. The van der Waals surface area contributed by atoms with E-state index in [1.807, 2.05) is 6.92 Å². The van der Waals surface area contributed by atoms with Gasteiger partial charge in [0.1, 0.15) is 0 Å². The highest BCUT2D eigenvalue weighted by atomic mass is 16.1. The molecule has 0 radical (unpaired) electrons. The normalized spacial score (nSPS) is 13.1. The van der Waals surface area contributed by atoms with Gasteiger partial charge in [-0.05, 0) is 18.3 Å². The third-order valence-electron chi connectivity index (χ3n) is 2.38. The molecule has 0 fully saturated rings. The highest BCUT2D eigenvalue weighted by Crippen LogP contribution is 2.12. The van der Waals surface area contributed by atoms with Gasteiger partial charge in [0.05, 0.1) is 0 Å². The fourth-order valence-electron chi connectivity index (χ4n) is 0.898. The third kappa shape index (κ3) is 5.16. The molecule has 12 heavy (non-hydrogen) atoms. The van der Waals surface area contributed by atoms with Gasteiger partial charge in [-0.15, -0.1) is 0 Å². The molecule has 0 aliphatic carbocycles. The van der Waals surface area contributed by atoms with Crippen LogP contribution in [0.5, 0.6) is 0 Å². The quantitative estimate of drug-likeness (QED) is 0.675. The maximum atomic E-state index is 10.9. The molecule has 1 unspecified atom stereocenters. The number of rotatable bonds is 5. The molecule has 0 aliphatic heterocycles. The van der Waals surface area contributed by atoms with Gasteiger partial charge in [-0.1, -0.05) is 27.7 Å². The summed E-state index contributed by atoms with van der Waals surface area (Å²) >= 11 is 0. The van der Waals surface area contributed by atoms with E-state index in [1.54, 1.807) is 0 Å². The van der Waals surface area contributed by atoms with Crippen molar-refractivity contribution >= 4 is 5.91 Å². The molecule has 0 heterocycles. The molecule has 0 bridgehead atoms. The minimum atomic E-state index is 0.158. The number of amides is 1. The van der Waals surface area contributed by atoms with E-state index < -0.39 is 0 Å². The standard InChI is InChI=1S/C10H21NO/c1-5-10(12)11-7-6-9(4)8(2)3/h8-9H,5-7H2,1-4H3,(H,11,12). The van der Waals surface area contributed by atoms with Gasteiger partial charge in [-0.25, -0.2) is 0 Å². The lowest BCUT2D eigenvalue weighted by Crippen LogP contribution is -2.25. The first-order chi connectivity index (χ1) is 5.57. The molecule has 0 aliphatic rings. The van der Waals surface area contributed by atoms with E-state index in [0.29, 0.717) is 18.3 Å². The van der Waals surface area contributed by atoms with E-state index >= 15 is 0 Å². The van der Waals surface area contributed by atoms with Crippen LogP contribution in [-0.4, -0.2) is 12.5 Å². The van der Waals surface area contributed by atoms with Crippen molar-refractivity contribution in [3.8, 4) is 0 Å². The van der Waals surface area contributed by atoms with Gasteiger partial charge < -0.3 is 5.32 Å². The minimum absolute atomic E-state index is 0.158. The first-order valence-electron chi connectivity index (χ1n) is 4.84. The molecule has 0 spiro atoms. The predicted octanol–water partition coefficient (Wildman–Crippen LogP) is 2.19. The molecule has 1 amide bonds. The lowest BCUT2D eigenvalue weighted by atomic mass is 9.95. The number of hydrogen-bond acceptors (Lipinski definition) is 1. The Kier molecular flexibility index (Phi) is 5.77. The molecule has 2 nitrogen and oxygen atoms in total. The van der Waals surface area contributed by atoms with Gasteiger partial charge in [0.25, 0.3) is 0 Å². The maximum absolute atomic E-state index is 10.9. The van der Waals surface area contributed by atoms with Crippen LogP contribution < -0.4 is 5.32 Å². The molecule has 1 atom stereocenters. The van der Waals surface area contributed by atoms with Crippen molar-refractivity contribution in [1.29, 1.82) is 0 Å². The molecular weight excluding hydrogens is 150 g/mol. The Bertz CT molecular complexity index is 132. The largest absolute Gasteiger partial charge is 0.356 e. The van der Waals surface area contributed by atoms with Gasteiger partial charge in [0, 0.05) is 13.0 Å². The first-order valence-corrected chi connectivity index (χ1v) is 4.84. The van der Waals surface area contributed by atoms with Crippen molar-refractivity contribution in [2.75, 3.05) is 6.54 Å². The van der Waals surface area contributed by atoms with Gasteiger partial charge in [-0.2, -0.15) is 0 Å². The number of hydrogen-bond donors (Lipinski definition) is 1. The molecule has 2 heteroatoms. The second-order valence-corrected chi connectivity index (χ2v) is 3.71. The number of carbonyl (C=O) groups excluding carboxylic acids is 1. The summed E-state index contributed by atoms with van der Waals surface area (Å²) in [5.74, 6) is 1.57. The van der Waals surface area contributed by atoms with Crippen molar-refractivity contribution in [3.63, 3.8) is 0 Å². The van der Waals surface area contributed by atoms with Crippen LogP contribution >= 0.6 is 0 Å². The maximum Gasteiger partial charge on any atom is 0.219 e. The number of nitrogens with one attached hydrogen (secondary N) is 1. The molecule has 0 rings (SSSR count). The molecule has 0 aromatic carbocycles. The van der Waals surface area contributed by atoms with E-state index in [9.17, 15) is 4.79 Å². The SMILES string of the molecule is CCC(=O)NCCC(C)C(C)C. The van der Waals surface area contributed by atoms with Crippen LogP contribution in [0.15, 0.2) is 0 Å². The molecule has 0 aromatic rings. The summed E-state index contributed by atoms with van der Waals surface area (Å²) < 4.78 is 0. The average Bonchev–Trinajstić information content (AvgIpc) is 2.03. The van der Waals surface area contributed by atoms with Crippen LogP contribution in [0.3, 0.4) is 0 Å². The second-order valence-electron chi connectivity index (χ2n) is 3.71. The zero-order valence-corrected chi connectivity index (χ0v) is 8.68. The summed E-state index contributed by atoms with van der Waals surface area (Å²) in [6.07, 6.45) is 1.68. The zero-order valence-electron chi connectivity index (χ0n) is 8.68. The summed E-state index contributed by atoms with van der Waals surface area (Å²) in [6, 6.07) is 0. The summed E-state index contributed by atoms with van der Waals surface area (Å²) in [6.45, 7) is 9.36. The van der Waals surface area contributed by atoms with E-state index in [1.165, 1.54) is 0 Å². The van der Waals surface area contributed by atoms with Crippen LogP contribution in [0.25, 0.3) is 0 Å². The topological polar surface area (TPSA) is 29.1 Å². The van der Waals surface area contributed by atoms with Gasteiger partial charge in [0.2, 0.25) is 5.91 Å². The Hall–Kier alpha value is -0.530. The third-order valence-corrected chi connectivity index (χ3v) is 2.38. The molecule has 0 saturated carbocycles. The van der Waals surface area contributed by atoms with Crippen molar-refractivity contribution in [2.24, 2.45) is 11.8 Å². The second kappa shape index (κ2) is 6.04. The Morgan fingerprint density at radius 1 is 1.33 bits per heavy atom. The van der Waals surface area contributed by atoms with Gasteiger partial charge in [-0.3, -0.25) is 4.79 Å². The van der Waals surface area contributed by atoms with Crippen LogP contribution in [0.4, 0.5) is 0 Å². The smallest absolute Gasteiger partial charge is 0.219 e. The average molecular weight is 171 g/mol. The Balaban J connectivity index is 3.37. The fourth-order valence-corrected chi connectivity index (χ4v) is 0.898. The van der Waals surface area contributed by atoms with Crippen LogP contribution in [0.1, 0.15) is 40.5 Å². The van der Waals surface area contributed by atoms with E-state index in [0.717, 1.165) is 13.0 Å². The van der Waals surface area contributed by atoms with Crippen LogP contribution in [-0.2, 0) is 4.79 Å². The zero-order chi connectivity index (χ0) is 9.56. The monoisotopic (exact) mass is 171 g/mol. The fraction of sp³-hybridized carbons (Fsp3) is 0.900. The van der Waals surface area contributed by atoms with Gasteiger partial charge in [0.15, 0.2) is 0 Å². The molecule has 0 saturated heterocycles. The lowest BCUT2D eigenvalue weighted by Gasteiger charge is -2.15. The van der Waals surface area contributed by atoms with Crippen molar-refractivity contribution < 1.29 is 4.79 Å². The molecule has 72 valence electrons. The van der Waals surface area contributed by atoms with E-state index in [-0.39, 0.29) is 5.91 Å². The number of carbonyl (C=O) groups is 1. The van der Waals surface area contributed by atoms with Crippen molar-refractivity contribution in [3.05, 3.63) is 0 Å². The molecular formula is C10H21NO. The Morgan fingerprint density at radius 3 is 2.33 bits per heavy atom. The Morgan fingerprint density at radius 2 is 1.92 bits per heavy atom. The summed E-state index contributed by atoms with van der Waals surface area (Å²) in [5, 5.41) is 2.88. The first kappa shape index (κ1) is 11.5. The Labute approximate surface area is 75.7 Å². The minimum Gasteiger partial charge on any atom is -0.356 e. The molecule has 0 aromatic heterocycles. The van der Waals surface area contributed by atoms with E-state index in [2.05, 4.69) is 26.1 Å². The molecule has 1 N–H and O–H groups in total. The van der Waals surface area contributed by atoms with Crippen LogP contribution in [0, 0.1) is 11.8 Å². The van der Waals surface area contributed by atoms with E-state index in [4.69, 9.17) is 0 Å². The predicted molar refractivity (Wildman–Crippen MR) is 51.9 cm³/mol. The van der Waals surface area contributed by atoms with Crippen molar-refractivity contribution in [1.82, 2.24) is 5.32 Å². The summed E-state index contributed by atoms with van der Waals surface area (Å²) in [4.78, 5) is 10.9. The van der Waals surface area contributed by atoms with Crippen LogP contribution in [0.2, 0.25) is 0 Å². The summed E-state index contributed by atoms with van der Waals surface area (Å²) in [7, 11) is 0. The highest BCUT2D eigenvalue weighted by Gasteiger charge is 2.06.